The first-order chi connectivity index (χ1) is 12.2. The number of carbonyl (C=O) groups excluding carboxylic acids is 1. The lowest BCUT2D eigenvalue weighted by molar-refractivity contribution is 0.0996. The zero-order valence-electron chi connectivity index (χ0n) is 14.0. The third-order valence-corrected chi connectivity index (χ3v) is 4.34. The molecule has 6 heteroatoms. The largest absolute Gasteiger partial charge is 0.459 e. The summed E-state index contributed by atoms with van der Waals surface area (Å²) >= 11 is 0. The van der Waals surface area contributed by atoms with Crippen molar-refractivity contribution in [2.75, 3.05) is 36.5 Å². The van der Waals surface area contributed by atoms with Gasteiger partial charge in [0.25, 0.3) is 5.91 Å². The molecule has 0 aliphatic carbocycles. The summed E-state index contributed by atoms with van der Waals surface area (Å²) in [6.07, 6.45) is 1.48. The highest BCUT2D eigenvalue weighted by atomic mass is 16.5. The van der Waals surface area contributed by atoms with Crippen LogP contribution in [0, 0.1) is 6.92 Å². The van der Waals surface area contributed by atoms with Gasteiger partial charge in [-0.3, -0.25) is 4.79 Å². The second-order valence-electron chi connectivity index (χ2n) is 6.06. The predicted octanol–water partition coefficient (Wildman–Crippen LogP) is 3.23. The second-order valence-corrected chi connectivity index (χ2v) is 6.06. The van der Waals surface area contributed by atoms with Gasteiger partial charge >= 0.3 is 0 Å². The number of pyridine rings is 1. The third-order valence-electron chi connectivity index (χ3n) is 4.34. The van der Waals surface area contributed by atoms with Crippen LogP contribution in [0.5, 0.6) is 0 Å². The lowest BCUT2D eigenvalue weighted by atomic mass is 10.1. The number of hydrogen-bond donors (Lipinski definition) is 1. The fraction of sp³-hybridized carbons (Fsp3) is 0.263. The number of anilines is 2. The van der Waals surface area contributed by atoms with Gasteiger partial charge in [0, 0.05) is 24.2 Å². The minimum absolute atomic E-state index is 0.264. The number of nitrogens with one attached hydrogen (secondary N) is 1. The number of ether oxygens (including phenoxy) is 1. The van der Waals surface area contributed by atoms with E-state index < -0.39 is 0 Å². The Morgan fingerprint density at radius 3 is 2.80 bits per heavy atom. The second kappa shape index (κ2) is 6.57. The Kier molecular flexibility index (Phi) is 4.11. The number of hydrogen-bond acceptors (Lipinski definition) is 5. The van der Waals surface area contributed by atoms with Gasteiger partial charge in [0.15, 0.2) is 5.76 Å². The van der Waals surface area contributed by atoms with Crippen LogP contribution in [0.1, 0.15) is 16.1 Å². The van der Waals surface area contributed by atoms with E-state index in [2.05, 4.69) is 23.2 Å². The van der Waals surface area contributed by atoms with Gasteiger partial charge in [-0.25, -0.2) is 4.98 Å². The smallest absolute Gasteiger partial charge is 0.291 e. The van der Waals surface area contributed by atoms with Crippen molar-refractivity contribution < 1.29 is 13.9 Å². The predicted molar refractivity (Wildman–Crippen MR) is 96.2 cm³/mol. The van der Waals surface area contributed by atoms with E-state index in [1.54, 1.807) is 12.1 Å². The van der Waals surface area contributed by atoms with E-state index in [4.69, 9.17) is 14.1 Å². The molecule has 2 aromatic heterocycles. The minimum Gasteiger partial charge on any atom is -0.459 e. The van der Waals surface area contributed by atoms with E-state index in [1.807, 2.05) is 18.2 Å². The van der Waals surface area contributed by atoms with Crippen LogP contribution in [0.3, 0.4) is 0 Å². The molecule has 1 aliphatic heterocycles. The summed E-state index contributed by atoms with van der Waals surface area (Å²) in [5.74, 6) is 0.998. The number of rotatable bonds is 3. The van der Waals surface area contributed by atoms with E-state index in [-0.39, 0.29) is 11.7 Å². The number of fused-ring (bicyclic) bond motifs is 1. The van der Waals surface area contributed by atoms with Crippen LogP contribution in [-0.4, -0.2) is 37.2 Å². The lowest BCUT2D eigenvalue weighted by Gasteiger charge is -2.28. The van der Waals surface area contributed by atoms with E-state index in [1.165, 1.54) is 6.26 Å². The zero-order chi connectivity index (χ0) is 17.2. The molecule has 3 heterocycles. The first-order valence-electron chi connectivity index (χ1n) is 8.30. The van der Waals surface area contributed by atoms with Gasteiger partial charge in [0.05, 0.1) is 25.0 Å². The molecule has 4 rings (SSSR count). The van der Waals surface area contributed by atoms with Crippen LogP contribution >= 0.6 is 0 Å². The highest BCUT2D eigenvalue weighted by Crippen LogP contribution is 2.26. The number of aryl methyl sites for hydroxylation is 1. The normalized spacial score (nSPS) is 14.7. The van der Waals surface area contributed by atoms with Crippen LogP contribution in [0.4, 0.5) is 11.5 Å². The quantitative estimate of drug-likeness (QED) is 0.795. The lowest BCUT2D eigenvalue weighted by Crippen LogP contribution is -2.36. The Morgan fingerprint density at radius 2 is 2.04 bits per heavy atom. The van der Waals surface area contributed by atoms with Gasteiger partial charge < -0.3 is 19.4 Å². The van der Waals surface area contributed by atoms with Gasteiger partial charge in [-0.1, -0.05) is 0 Å². The molecule has 6 nitrogen and oxygen atoms in total. The van der Waals surface area contributed by atoms with Crippen molar-refractivity contribution in [3.05, 3.63) is 54.0 Å². The Morgan fingerprint density at radius 1 is 1.20 bits per heavy atom. The molecule has 0 radical (unpaired) electrons. The molecule has 1 aliphatic rings. The number of morpholine rings is 1. The van der Waals surface area contributed by atoms with Crippen molar-refractivity contribution in [2.45, 2.75) is 6.92 Å². The van der Waals surface area contributed by atoms with Crippen molar-refractivity contribution in [1.82, 2.24) is 4.98 Å². The Bertz CT molecular complexity index is 900. The molecule has 25 heavy (non-hydrogen) atoms. The summed E-state index contributed by atoms with van der Waals surface area (Å²) in [4.78, 5) is 19.1. The van der Waals surface area contributed by atoms with Gasteiger partial charge in [0.2, 0.25) is 0 Å². The zero-order valence-corrected chi connectivity index (χ0v) is 14.0. The summed E-state index contributed by atoms with van der Waals surface area (Å²) < 4.78 is 10.5. The minimum atomic E-state index is -0.264. The SMILES string of the molecule is Cc1cc(N2CCOCC2)nc2ccc(NC(=O)c3ccco3)cc12. The molecule has 1 fully saturated rings. The molecule has 1 amide bonds. The summed E-state index contributed by atoms with van der Waals surface area (Å²) in [6, 6.07) is 11.2. The molecule has 0 saturated carbocycles. The molecule has 0 bridgehead atoms. The van der Waals surface area contributed by atoms with Crippen LogP contribution in [0.25, 0.3) is 10.9 Å². The van der Waals surface area contributed by atoms with Crippen molar-refractivity contribution in [2.24, 2.45) is 0 Å². The van der Waals surface area contributed by atoms with Crippen LogP contribution in [0.15, 0.2) is 47.1 Å². The number of aromatic nitrogens is 1. The molecule has 0 unspecified atom stereocenters. The van der Waals surface area contributed by atoms with Gasteiger partial charge in [-0.15, -0.1) is 0 Å². The topological polar surface area (TPSA) is 67.6 Å². The van der Waals surface area contributed by atoms with Crippen LogP contribution in [-0.2, 0) is 4.74 Å². The third kappa shape index (κ3) is 3.21. The Labute approximate surface area is 145 Å². The molecule has 128 valence electrons. The van der Waals surface area contributed by atoms with Crippen molar-refractivity contribution in [1.29, 1.82) is 0 Å². The highest BCUT2D eigenvalue weighted by Gasteiger charge is 2.15. The van der Waals surface area contributed by atoms with E-state index in [0.717, 1.165) is 54.3 Å². The molecule has 1 N–H and O–H groups in total. The standard InChI is InChI=1S/C19H19N3O3/c1-13-11-18(22-6-9-24-10-7-22)21-16-5-4-14(12-15(13)16)20-19(23)17-3-2-8-25-17/h2-5,8,11-12H,6-7,9-10H2,1H3,(H,20,23). The molecule has 1 aromatic carbocycles. The van der Waals surface area contributed by atoms with E-state index in [9.17, 15) is 4.79 Å². The number of benzene rings is 1. The first-order valence-corrected chi connectivity index (χ1v) is 8.30. The Hall–Kier alpha value is -2.86. The Balaban J connectivity index is 1.62. The average Bonchev–Trinajstić information content (AvgIpc) is 3.18. The summed E-state index contributed by atoms with van der Waals surface area (Å²) in [5, 5.41) is 3.88. The van der Waals surface area contributed by atoms with E-state index >= 15 is 0 Å². The average molecular weight is 337 g/mol. The monoisotopic (exact) mass is 337 g/mol. The van der Waals surface area contributed by atoms with Crippen molar-refractivity contribution >= 4 is 28.3 Å². The van der Waals surface area contributed by atoms with Crippen molar-refractivity contribution in [3.63, 3.8) is 0 Å². The fourth-order valence-electron chi connectivity index (χ4n) is 3.01. The molecule has 3 aromatic rings. The number of furan rings is 1. The molecule has 1 saturated heterocycles. The van der Waals surface area contributed by atoms with Gasteiger partial charge in [-0.05, 0) is 48.9 Å². The number of nitrogens with zero attached hydrogens (tertiary/aromatic N) is 2. The van der Waals surface area contributed by atoms with Gasteiger partial charge in [-0.2, -0.15) is 0 Å². The maximum Gasteiger partial charge on any atom is 0.291 e. The van der Waals surface area contributed by atoms with Crippen LogP contribution < -0.4 is 10.2 Å². The van der Waals surface area contributed by atoms with Crippen molar-refractivity contribution in [3.8, 4) is 0 Å². The number of carbonyl (C=O) groups is 1. The molecular formula is C19H19N3O3. The van der Waals surface area contributed by atoms with Crippen LogP contribution in [0.2, 0.25) is 0 Å². The number of amides is 1. The molecule has 0 atom stereocenters. The summed E-state index contributed by atoms with van der Waals surface area (Å²) in [6.45, 7) is 5.24. The maximum absolute atomic E-state index is 12.1. The van der Waals surface area contributed by atoms with Gasteiger partial charge in [0.1, 0.15) is 5.82 Å². The summed E-state index contributed by atoms with van der Waals surface area (Å²) in [5.41, 5.74) is 2.76. The fourth-order valence-corrected chi connectivity index (χ4v) is 3.01. The first kappa shape index (κ1) is 15.7. The molecule has 0 spiro atoms. The molecular weight excluding hydrogens is 318 g/mol. The summed E-state index contributed by atoms with van der Waals surface area (Å²) in [7, 11) is 0. The highest BCUT2D eigenvalue weighted by molar-refractivity contribution is 6.03. The maximum atomic E-state index is 12.1. The van der Waals surface area contributed by atoms with E-state index in [0.29, 0.717) is 0 Å².